The number of thiophene rings is 1. The molecule has 2 aromatic rings. The first-order valence-corrected chi connectivity index (χ1v) is 8.74. The van der Waals surface area contributed by atoms with E-state index in [9.17, 15) is 32.9 Å². The molecule has 0 unspecified atom stereocenters. The van der Waals surface area contributed by atoms with Crippen LogP contribution in [0.1, 0.15) is 27.0 Å². The van der Waals surface area contributed by atoms with Crippen LogP contribution in [0.2, 0.25) is 0 Å². The Labute approximate surface area is 161 Å². The third-order valence-electron chi connectivity index (χ3n) is 3.52. The van der Waals surface area contributed by atoms with Crippen molar-refractivity contribution in [3.05, 3.63) is 55.8 Å². The van der Waals surface area contributed by atoms with Gasteiger partial charge in [-0.2, -0.15) is 13.2 Å². The molecule has 0 saturated carbocycles. The normalized spacial score (nSPS) is 11.1. The van der Waals surface area contributed by atoms with Crippen LogP contribution in [0.25, 0.3) is 0 Å². The standard InChI is InChI=1S/C17H15F3N2O5S/c1-10(23)21-7-6-12-3-5-16(28-12)14(24)9-27-15-4-2-11(22(25)26)8-13(15)17(18,19)20/h2-5,8H,6-7,9H2,1H3,(H,21,23). The van der Waals surface area contributed by atoms with E-state index in [0.29, 0.717) is 23.9 Å². The molecular weight excluding hydrogens is 401 g/mol. The fourth-order valence-electron chi connectivity index (χ4n) is 2.22. The first-order valence-electron chi connectivity index (χ1n) is 7.92. The number of non-ortho nitro benzene ring substituents is 1. The summed E-state index contributed by atoms with van der Waals surface area (Å²) in [5, 5.41) is 13.3. The Morgan fingerprint density at radius 1 is 1.25 bits per heavy atom. The van der Waals surface area contributed by atoms with E-state index in [2.05, 4.69) is 5.32 Å². The van der Waals surface area contributed by atoms with Gasteiger partial charge in [0.1, 0.15) is 11.3 Å². The van der Waals surface area contributed by atoms with Gasteiger partial charge in [0.05, 0.1) is 9.80 Å². The zero-order valence-electron chi connectivity index (χ0n) is 14.5. The fraction of sp³-hybridized carbons (Fsp3) is 0.294. The van der Waals surface area contributed by atoms with Gasteiger partial charge in [0.15, 0.2) is 6.61 Å². The second kappa shape index (κ2) is 8.83. The van der Waals surface area contributed by atoms with Crippen LogP contribution in [0.3, 0.4) is 0 Å². The quantitative estimate of drug-likeness (QED) is 0.403. The highest BCUT2D eigenvalue weighted by Gasteiger charge is 2.36. The molecule has 0 fully saturated rings. The van der Waals surface area contributed by atoms with Crippen LogP contribution >= 0.6 is 11.3 Å². The summed E-state index contributed by atoms with van der Waals surface area (Å²) in [5.74, 6) is -1.36. The van der Waals surface area contributed by atoms with Gasteiger partial charge in [-0.15, -0.1) is 11.3 Å². The molecule has 150 valence electrons. The Kier molecular flexibility index (Phi) is 6.73. The van der Waals surface area contributed by atoms with Gasteiger partial charge in [-0.1, -0.05) is 0 Å². The van der Waals surface area contributed by atoms with E-state index in [1.54, 1.807) is 6.07 Å². The van der Waals surface area contributed by atoms with Crippen LogP contribution in [-0.2, 0) is 17.4 Å². The fourth-order valence-corrected chi connectivity index (χ4v) is 3.15. The molecule has 1 N–H and O–H groups in total. The molecule has 0 atom stereocenters. The molecule has 0 spiro atoms. The van der Waals surface area contributed by atoms with E-state index in [0.717, 1.165) is 28.3 Å². The number of rotatable bonds is 8. The van der Waals surface area contributed by atoms with Gasteiger partial charge in [0.2, 0.25) is 11.7 Å². The van der Waals surface area contributed by atoms with Gasteiger partial charge in [-0.05, 0) is 24.6 Å². The number of amides is 1. The Morgan fingerprint density at radius 3 is 2.57 bits per heavy atom. The molecule has 0 bridgehead atoms. The number of benzene rings is 1. The van der Waals surface area contributed by atoms with Crippen molar-refractivity contribution in [2.24, 2.45) is 0 Å². The summed E-state index contributed by atoms with van der Waals surface area (Å²) in [7, 11) is 0. The maximum absolute atomic E-state index is 13.1. The first-order chi connectivity index (χ1) is 13.1. The number of carbonyl (C=O) groups is 2. The van der Waals surface area contributed by atoms with Crippen molar-refractivity contribution in [3.63, 3.8) is 0 Å². The third kappa shape index (κ3) is 5.78. The van der Waals surface area contributed by atoms with Crippen LogP contribution in [-0.4, -0.2) is 29.8 Å². The highest BCUT2D eigenvalue weighted by molar-refractivity contribution is 7.14. The first kappa shape index (κ1) is 21.4. The lowest BCUT2D eigenvalue weighted by molar-refractivity contribution is -0.385. The minimum Gasteiger partial charge on any atom is -0.485 e. The summed E-state index contributed by atoms with van der Waals surface area (Å²) in [5.41, 5.74) is -2.05. The minimum atomic E-state index is -4.87. The maximum atomic E-state index is 13.1. The van der Waals surface area contributed by atoms with Crippen LogP contribution in [0.15, 0.2) is 30.3 Å². The number of nitro groups is 1. The number of ether oxygens (including phenoxy) is 1. The molecule has 1 aromatic carbocycles. The Morgan fingerprint density at radius 2 is 1.96 bits per heavy atom. The number of alkyl halides is 3. The van der Waals surface area contributed by atoms with Crippen molar-refractivity contribution in [3.8, 4) is 5.75 Å². The van der Waals surface area contributed by atoms with Crippen molar-refractivity contribution in [1.29, 1.82) is 0 Å². The van der Waals surface area contributed by atoms with Crippen molar-refractivity contribution in [1.82, 2.24) is 5.32 Å². The predicted octanol–water partition coefficient (Wildman–Crippen LogP) is 3.62. The third-order valence-corrected chi connectivity index (χ3v) is 4.71. The lowest BCUT2D eigenvalue weighted by Gasteiger charge is -2.13. The number of nitrogens with zero attached hydrogens (tertiary/aromatic N) is 1. The summed E-state index contributed by atoms with van der Waals surface area (Å²) in [6.45, 7) is 1.14. The van der Waals surface area contributed by atoms with E-state index in [1.165, 1.54) is 13.0 Å². The number of hydrogen-bond donors (Lipinski definition) is 1. The van der Waals surface area contributed by atoms with Crippen molar-refractivity contribution in [2.45, 2.75) is 19.5 Å². The second-order valence-electron chi connectivity index (χ2n) is 5.65. The number of nitro benzene ring substituents is 1. The molecule has 1 aromatic heterocycles. The highest BCUT2D eigenvalue weighted by atomic mass is 32.1. The average molecular weight is 416 g/mol. The molecule has 11 heteroatoms. The van der Waals surface area contributed by atoms with Crippen molar-refractivity contribution < 1.29 is 32.4 Å². The summed E-state index contributed by atoms with van der Waals surface area (Å²) in [6.07, 6.45) is -4.36. The lowest BCUT2D eigenvalue weighted by atomic mass is 10.1. The summed E-state index contributed by atoms with van der Waals surface area (Å²) in [4.78, 5) is 33.9. The van der Waals surface area contributed by atoms with E-state index in [1.807, 2.05) is 0 Å². The molecule has 0 aliphatic rings. The predicted molar refractivity (Wildman–Crippen MR) is 94.6 cm³/mol. The van der Waals surface area contributed by atoms with Gasteiger partial charge in [0, 0.05) is 30.5 Å². The van der Waals surface area contributed by atoms with Gasteiger partial charge in [0.25, 0.3) is 5.69 Å². The summed E-state index contributed by atoms with van der Waals surface area (Å²) in [6, 6.07) is 5.28. The van der Waals surface area contributed by atoms with Crippen molar-refractivity contribution in [2.75, 3.05) is 13.2 Å². The average Bonchev–Trinajstić information content (AvgIpc) is 3.07. The maximum Gasteiger partial charge on any atom is 0.420 e. The highest BCUT2D eigenvalue weighted by Crippen LogP contribution is 2.38. The molecule has 0 radical (unpaired) electrons. The van der Waals surface area contributed by atoms with E-state index in [4.69, 9.17) is 4.74 Å². The monoisotopic (exact) mass is 416 g/mol. The zero-order valence-corrected chi connectivity index (χ0v) is 15.4. The van der Waals surface area contributed by atoms with Crippen molar-refractivity contribution >= 4 is 28.7 Å². The number of nitrogens with one attached hydrogen (secondary N) is 1. The minimum absolute atomic E-state index is 0.176. The van der Waals surface area contributed by atoms with Gasteiger partial charge >= 0.3 is 6.18 Å². The molecule has 7 nitrogen and oxygen atoms in total. The Balaban J connectivity index is 2.05. The zero-order chi connectivity index (χ0) is 20.9. The second-order valence-corrected chi connectivity index (χ2v) is 6.81. The Bertz CT molecular complexity index is 895. The number of ketones is 1. The van der Waals surface area contributed by atoms with Crippen LogP contribution in [0.4, 0.5) is 18.9 Å². The van der Waals surface area contributed by atoms with E-state index in [-0.39, 0.29) is 5.91 Å². The molecular formula is C17H15F3N2O5S. The van der Waals surface area contributed by atoms with E-state index >= 15 is 0 Å². The smallest absolute Gasteiger partial charge is 0.420 e. The topological polar surface area (TPSA) is 98.5 Å². The molecule has 0 saturated heterocycles. The van der Waals surface area contributed by atoms with Crippen LogP contribution in [0.5, 0.6) is 5.75 Å². The van der Waals surface area contributed by atoms with E-state index < -0.39 is 40.5 Å². The molecule has 0 aliphatic heterocycles. The number of carbonyl (C=O) groups excluding carboxylic acids is 2. The van der Waals surface area contributed by atoms with Gasteiger partial charge in [-0.3, -0.25) is 19.7 Å². The van der Waals surface area contributed by atoms with Crippen LogP contribution in [0, 0.1) is 10.1 Å². The summed E-state index contributed by atoms with van der Waals surface area (Å²) < 4.78 is 44.3. The lowest BCUT2D eigenvalue weighted by Crippen LogP contribution is -2.22. The molecule has 2 rings (SSSR count). The van der Waals surface area contributed by atoms with Gasteiger partial charge in [-0.25, -0.2) is 0 Å². The Hall–Kier alpha value is -2.95. The summed E-state index contributed by atoms with van der Waals surface area (Å²) >= 11 is 1.15. The molecule has 1 amide bonds. The molecule has 1 heterocycles. The van der Waals surface area contributed by atoms with Crippen LogP contribution < -0.4 is 10.1 Å². The largest absolute Gasteiger partial charge is 0.485 e. The SMILES string of the molecule is CC(=O)NCCc1ccc(C(=O)COc2ccc([N+](=O)[O-])cc2C(F)(F)F)s1. The number of hydrogen-bond acceptors (Lipinski definition) is 6. The number of Topliss-reactive ketones (excluding diaryl/α,β-unsaturated/α-hetero) is 1. The molecule has 28 heavy (non-hydrogen) atoms. The number of halogens is 3. The van der Waals surface area contributed by atoms with Gasteiger partial charge < -0.3 is 10.1 Å². The molecule has 0 aliphatic carbocycles.